The smallest absolute Gasteiger partial charge is 0.137 e. The van der Waals surface area contributed by atoms with Crippen LogP contribution in [0.15, 0.2) is 4.99 Å². The Morgan fingerprint density at radius 3 is 2.67 bits per heavy atom. The number of thioether (sulfide) groups is 1. The van der Waals surface area contributed by atoms with Crippen molar-refractivity contribution in [2.75, 3.05) is 12.8 Å². The second-order valence-electron chi connectivity index (χ2n) is 6.82. The molecular formula is C15H27ClN4O2S2. The van der Waals surface area contributed by atoms with Crippen LogP contribution in [0, 0.1) is 5.92 Å². The highest BCUT2D eigenvalue weighted by atomic mass is 35.5. The van der Waals surface area contributed by atoms with Gasteiger partial charge in [-0.3, -0.25) is 4.99 Å². The van der Waals surface area contributed by atoms with E-state index >= 15 is 0 Å². The van der Waals surface area contributed by atoms with Crippen molar-refractivity contribution >= 4 is 39.5 Å². The predicted molar refractivity (Wildman–Crippen MR) is 101 cm³/mol. The van der Waals surface area contributed by atoms with Crippen LogP contribution in [-0.4, -0.2) is 45.2 Å². The molecule has 3 aliphatic rings. The van der Waals surface area contributed by atoms with Crippen LogP contribution >= 0.6 is 23.4 Å². The Morgan fingerprint density at radius 2 is 2.04 bits per heavy atom. The summed E-state index contributed by atoms with van der Waals surface area (Å²) in [5.74, 6) is 0.0550. The number of alkyl halides is 1. The summed E-state index contributed by atoms with van der Waals surface area (Å²) in [5, 5.41) is -0.0855. The fourth-order valence-corrected chi connectivity index (χ4v) is 6.49. The summed E-state index contributed by atoms with van der Waals surface area (Å²) in [6, 6.07) is 0. The van der Waals surface area contributed by atoms with E-state index < -0.39 is 10.4 Å². The molecule has 9 heteroatoms. The number of nitrogens with zero attached hydrogens (tertiary/aromatic N) is 1. The lowest BCUT2D eigenvalue weighted by Gasteiger charge is -2.33. The van der Waals surface area contributed by atoms with E-state index in [0.29, 0.717) is 12.8 Å². The number of rotatable bonds is 5. The second-order valence-corrected chi connectivity index (χ2v) is 10.4. The Bertz CT molecular complexity index is 514. The van der Waals surface area contributed by atoms with Crippen molar-refractivity contribution in [2.24, 2.45) is 10.9 Å². The van der Waals surface area contributed by atoms with Gasteiger partial charge in [-0.1, -0.05) is 4.21 Å². The highest BCUT2D eigenvalue weighted by Crippen LogP contribution is 2.32. The molecule has 0 spiro atoms. The van der Waals surface area contributed by atoms with Gasteiger partial charge in [0.15, 0.2) is 0 Å². The molecule has 0 amide bonds. The topological polar surface area (TPSA) is 88.6 Å². The van der Waals surface area contributed by atoms with Crippen LogP contribution in [0.2, 0.25) is 0 Å². The van der Waals surface area contributed by atoms with E-state index in [1.165, 1.54) is 0 Å². The number of hydrogen-bond acceptors (Lipinski definition) is 6. The molecule has 0 aromatic heterocycles. The molecular weight excluding hydrogens is 368 g/mol. The van der Waals surface area contributed by atoms with Crippen molar-refractivity contribution in [3.63, 3.8) is 0 Å². The van der Waals surface area contributed by atoms with Crippen LogP contribution < -0.4 is 15.6 Å². The van der Waals surface area contributed by atoms with E-state index in [-0.39, 0.29) is 28.1 Å². The Balaban J connectivity index is 1.70. The summed E-state index contributed by atoms with van der Waals surface area (Å²) >= 11 is 7.80. The molecule has 1 saturated carbocycles. The van der Waals surface area contributed by atoms with Crippen molar-refractivity contribution in [3.8, 4) is 0 Å². The normalized spacial score (nSPS) is 40.1. The average molecular weight is 395 g/mol. The number of aliphatic imine (C=N–C) groups is 1. The van der Waals surface area contributed by atoms with Crippen LogP contribution in [0.3, 0.4) is 0 Å². The molecule has 4 atom stereocenters. The van der Waals surface area contributed by atoms with Gasteiger partial charge in [-0.25, -0.2) is 10.9 Å². The quantitative estimate of drug-likeness (QED) is 0.490. The second kappa shape index (κ2) is 8.33. The van der Waals surface area contributed by atoms with Gasteiger partial charge in [0.2, 0.25) is 0 Å². The van der Waals surface area contributed by atoms with E-state index in [4.69, 9.17) is 11.6 Å². The van der Waals surface area contributed by atoms with Gasteiger partial charge in [0, 0.05) is 17.6 Å². The molecule has 24 heavy (non-hydrogen) atoms. The monoisotopic (exact) mass is 394 g/mol. The molecule has 138 valence electrons. The molecule has 6 nitrogen and oxygen atoms in total. The zero-order valence-corrected chi connectivity index (χ0v) is 16.4. The number of halogens is 1. The molecule has 1 aliphatic carbocycles. The minimum atomic E-state index is -3.37. The molecule has 0 bridgehead atoms. The lowest BCUT2D eigenvalue weighted by molar-refractivity contribution is 0.392. The molecule has 3 N–H and O–H groups in total. The van der Waals surface area contributed by atoms with Crippen molar-refractivity contribution in [1.82, 2.24) is 15.6 Å². The minimum Gasteiger partial charge on any atom is -0.597 e. The number of sulfonamides is 1. The number of nitrogens with one attached hydrogen (secondary N) is 3. The molecule has 2 heterocycles. The summed E-state index contributed by atoms with van der Waals surface area (Å²) in [4.78, 5) is 4.68. The lowest BCUT2D eigenvalue weighted by atomic mass is 9.95. The third-order valence-electron chi connectivity index (χ3n) is 5.19. The fourth-order valence-electron chi connectivity index (χ4n) is 3.80. The Morgan fingerprint density at radius 1 is 1.29 bits per heavy atom. The maximum absolute atomic E-state index is 12.8. The van der Waals surface area contributed by atoms with Crippen LogP contribution in [0.4, 0.5) is 0 Å². The van der Waals surface area contributed by atoms with Crippen LogP contribution in [0.25, 0.3) is 0 Å². The summed E-state index contributed by atoms with van der Waals surface area (Å²) < 4.78 is 28.5. The molecule has 2 aliphatic heterocycles. The van der Waals surface area contributed by atoms with Gasteiger partial charge >= 0.3 is 0 Å². The summed E-state index contributed by atoms with van der Waals surface area (Å²) in [6.45, 7) is 0.853. The molecule has 2 fully saturated rings. The zero-order chi connectivity index (χ0) is 17.2. The predicted octanol–water partition coefficient (Wildman–Crippen LogP) is 2.03. The maximum Gasteiger partial charge on any atom is 0.137 e. The lowest BCUT2D eigenvalue weighted by Crippen LogP contribution is -2.54. The first-order valence-electron chi connectivity index (χ1n) is 8.73. The van der Waals surface area contributed by atoms with Gasteiger partial charge in [-0.05, 0) is 51.2 Å². The van der Waals surface area contributed by atoms with Gasteiger partial charge in [0.1, 0.15) is 21.8 Å². The Labute approximate surface area is 154 Å². The minimum absolute atomic E-state index is 0.0550. The highest BCUT2D eigenvalue weighted by Gasteiger charge is 2.44. The highest BCUT2D eigenvalue weighted by molar-refractivity contribution is 7.99. The van der Waals surface area contributed by atoms with E-state index in [1.807, 2.05) is 6.26 Å². The van der Waals surface area contributed by atoms with Crippen molar-refractivity contribution in [1.29, 1.82) is 0 Å². The van der Waals surface area contributed by atoms with Gasteiger partial charge in [-0.15, -0.1) is 28.1 Å². The van der Waals surface area contributed by atoms with E-state index in [1.54, 1.807) is 11.8 Å². The summed E-state index contributed by atoms with van der Waals surface area (Å²) in [6.07, 6.45) is 7.74. The third kappa shape index (κ3) is 4.34. The summed E-state index contributed by atoms with van der Waals surface area (Å²) in [5.41, 5.74) is 7.50. The van der Waals surface area contributed by atoms with Crippen molar-refractivity contribution < 1.29 is 8.76 Å². The number of hydrazine groups is 1. The van der Waals surface area contributed by atoms with E-state index in [9.17, 15) is 8.76 Å². The molecule has 0 radical (unpaired) electrons. The number of hydrogen-bond donors (Lipinski definition) is 3. The zero-order valence-electron chi connectivity index (χ0n) is 14.0. The maximum atomic E-state index is 12.8. The van der Waals surface area contributed by atoms with Crippen LogP contribution in [0.5, 0.6) is 0 Å². The van der Waals surface area contributed by atoms with E-state index in [2.05, 4.69) is 20.6 Å². The molecule has 4 unspecified atom stereocenters. The molecule has 0 aromatic carbocycles. The largest absolute Gasteiger partial charge is 0.597 e. The first-order chi connectivity index (χ1) is 11.5. The Hall–Kier alpha value is 0.300. The summed E-state index contributed by atoms with van der Waals surface area (Å²) in [7, 11) is -3.37. The van der Waals surface area contributed by atoms with Gasteiger partial charge in [0.05, 0.1) is 11.3 Å². The van der Waals surface area contributed by atoms with Gasteiger partial charge in [0.25, 0.3) is 0 Å². The third-order valence-corrected chi connectivity index (χ3v) is 8.48. The average Bonchev–Trinajstić information content (AvgIpc) is 2.98. The Kier molecular flexibility index (Phi) is 6.62. The molecule has 1 saturated heterocycles. The molecule has 3 rings (SSSR count). The first-order valence-corrected chi connectivity index (χ1v) is 12.0. The van der Waals surface area contributed by atoms with Crippen molar-refractivity contribution in [3.05, 3.63) is 0 Å². The van der Waals surface area contributed by atoms with Crippen molar-refractivity contribution in [2.45, 2.75) is 67.1 Å². The first kappa shape index (κ1) is 19.1. The van der Waals surface area contributed by atoms with Crippen LogP contribution in [0.1, 0.15) is 44.9 Å². The SMILES string of the molecule is CSC1NNC(N[S+](=O)([O-])C2CCC(Cl)CC2)C1C1=NCCCC1. The standard InChI is InChI=1S/C15H27ClN4O2S2/c1-23-15-13(12-4-2-3-9-17-12)14(18-19-15)20-24(21,22)11-7-5-10(16)6-8-11/h10-11,13-15,18-19H,2-9H2,1H3,(H-,20,21,22). The fraction of sp³-hybridized carbons (Fsp3) is 0.933. The molecule has 0 aromatic rings. The van der Waals surface area contributed by atoms with E-state index in [0.717, 1.165) is 44.4 Å². The van der Waals surface area contributed by atoms with Gasteiger partial charge in [-0.2, -0.15) is 0 Å². The van der Waals surface area contributed by atoms with Crippen LogP contribution in [-0.2, 0) is 14.6 Å². The van der Waals surface area contributed by atoms with Gasteiger partial charge < -0.3 is 4.55 Å².